The van der Waals surface area contributed by atoms with Gasteiger partial charge in [-0.1, -0.05) is 36.4 Å². The monoisotopic (exact) mass is 359 g/mol. The summed E-state index contributed by atoms with van der Waals surface area (Å²) in [5, 5.41) is 12.4. The van der Waals surface area contributed by atoms with Gasteiger partial charge in [0.05, 0.1) is 18.6 Å². The van der Waals surface area contributed by atoms with Gasteiger partial charge in [-0.25, -0.2) is 4.39 Å². The van der Waals surface area contributed by atoms with Crippen LogP contribution in [0.15, 0.2) is 48.5 Å². The normalized spacial score (nSPS) is 14.2. The van der Waals surface area contributed by atoms with Crippen molar-refractivity contribution in [3.8, 4) is 5.75 Å². The van der Waals surface area contributed by atoms with Crippen LogP contribution in [-0.4, -0.2) is 24.1 Å². The van der Waals surface area contributed by atoms with Gasteiger partial charge in [0.2, 0.25) is 5.91 Å². The Labute approximate surface area is 151 Å². The molecule has 0 saturated carbocycles. The number of carbonyl (C=O) groups is 2. The largest absolute Gasteiger partial charge is 0.494 e. The molecule has 1 amide bonds. The number of ether oxygens (including phenoxy) is 1. The molecule has 0 bridgehead atoms. The van der Waals surface area contributed by atoms with Crippen molar-refractivity contribution in [2.45, 2.75) is 31.7 Å². The van der Waals surface area contributed by atoms with Crippen molar-refractivity contribution < 1.29 is 23.8 Å². The second-order valence-electron chi connectivity index (χ2n) is 6.36. The van der Waals surface area contributed by atoms with Crippen LogP contribution in [0.4, 0.5) is 4.39 Å². The molecule has 0 aromatic heterocycles. The zero-order chi connectivity index (χ0) is 19.3. The quantitative estimate of drug-likeness (QED) is 0.794. The predicted octanol–water partition coefficient (Wildman–Crippen LogP) is 3.44. The average molecular weight is 359 g/mol. The topological polar surface area (TPSA) is 75.6 Å². The Kier molecular flexibility index (Phi) is 5.97. The standard InChI is InChI=1S/C20H22FNO4/c1-13(14-9-10-17(26-3)16(21)11-14)22-18(23)12-20(2,19(24)25)15-7-5-4-6-8-15/h4-11,13H,12H2,1-3H3,(H,22,23)(H,24,25)/t13-,20-/m1/s1. The first-order valence-corrected chi connectivity index (χ1v) is 8.19. The van der Waals surface area contributed by atoms with E-state index in [1.165, 1.54) is 26.2 Å². The van der Waals surface area contributed by atoms with Crippen molar-refractivity contribution in [2.24, 2.45) is 0 Å². The highest BCUT2D eigenvalue weighted by atomic mass is 19.1. The number of benzene rings is 2. The number of carboxylic acid groups (broad SMARTS) is 1. The third-order valence-electron chi connectivity index (χ3n) is 4.45. The fraction of sp³-hybridized carbons (Fsp3) is 0.300. The summed E-state index contributed by atoms with van der Waals surface area (Å²) >= 11 is 0. The minimum Gasteiger partial charge on any atom is -0.494 e. The summed E-state index contributed by atoms with van der Waals surface area (Å²) in [4.78, 5) is 24.2. The summed E-state index contributed by atoms with van der Waals surface area (Å²) in [6.07, 6.45) is -0.227. The molecule has 2 rings (SSSR count). The molecule has 0 aliphatic heterocycles. The SMILES string of the molecule is COc1ccc([C@@H](C)NC(=O)C[C@@](C)(C(=O)O)c2ccccc2)cc1F. The van der Waals surface area contributed by atoms with Gasteiger partial charge >= 0.3 is 5.97 Å². The molecule has 0 saturated heterocycles. The summed E-state index contributed by atoms with van der Waals surface area (Å²) in [6.45, 7) is 3.22. The van der Waals surface area contributed by atoms with Gasteiger partial charge in [0.25, 0.3) is 0 Å². The van der Waals surface area contributed by atoms with Gasteiger partial charge in [0.1, 0.15) is 0 Å². The third kappa shape index (κ3) is 4.20. The lowest BCUT2D eigenvalue weighted by atomic mass is 9.79. The van der Waals surface area contributed by atoms with Crippen LogP contribution in [0.25, 0.3) is 0 Å². The van der Waals surface area contributed by atoms with Crippen LogP contribution >= 0.6 is 0 Å². The van der Waals surface area contributed by atoms with Gasteiger partial charge in [0.15, 0.2) is 11.6 Å². The lowest BCUT2D eigenvalue weighted by Gasteiger charge is -2.26. The highest BCUT2D eigenvalue weighted by Crippen LogP contribution is 2.29. The Morgan fingerprint density at radius 1 is 1.23 bits per heavy atom. The zero-order valence-corrected chi connectivity index (χ0v) is 15.0. The number of carbonyl (C=O) groups excluding carboxylic acids is 1. The lowest BCUT2D eigenvalue weighted by molar-refractivity contribution is -0.145. The lowest BCUT2D eigenvalue weighted by Crippen LogP contribution is -2.39. The zero-order valence-electron chi connectivity index (χ0n) is 15.0. The number of carboxylic acids is 1. The van der Waals surface area contributed by atoms with Crippen LogP contribution in [0.3, 0.4) is 0 Å². The van der Waals surface area contributed by atoms with Crippen LogP contribution < -0.4 is 10.1 Å². The summed E-state index contributed by atoms with van der Waals surface area (Å²) < 4.78 is 18.7. The Morgan fingerprint density at radius 2 is 1.88 bits per heavy atom. The van der Waals surface area contributed by atoms with E-state index < -0.39 is 29.2 Å². The minimum absolute atomic E-state index is 0.120. The number of nitrogens with one attached hydrogen (secondary N) is 1. The molecule has 0 aliphatic carbocycles. The fourth-order valence-electron chi connectivity index (χ4n) is 2.76. The van der Waals surface area contributed by atoms with Crippen LogP contribution in [0, 0.1) is 5.82 Å². The molecule has 2 aromatic rings. The Hall–Kier alpha value is -2.89. The van der Waals surface area contributed by atoms with Crippen LogP contribution in [-0.2, 0) is 15.0 Å². The molecule has 2 N–H and O–H groups in total. The highest BCUT2D eigenvalue weighted by molar-refractivity contribution is 5.89. The van der Waals surface area contributed by atoms with E-state index in [0.29, 0.717) is 11.1 Å². The van der Waals surface area contributed by atoms with Crippen molar-refractivity contribution in [3.05, 3.63) is 65.5 Å². The second-order valence-corrected chi connectivity index (χ2v) is 6.36. The van der Waals surface area contributed by atoms with Gasteiger partial charge in [-0.3, -0.25) is 9.59 Å². The maximum absolute atomic E-state index is 13.8. The predicted molar refractivity (Wildman–Crippen MR) is 95.6 cm³/mol. The van der Waals surface area contributed by atoms with Crippen molar-refractivity contribution >= 4 is 11.9 Å². The molecule has 0 heterocycles. The molecule has 0 unspecified atom stereocenters. The molecule has 0 radical (unpaired) electrons. The minimum atomic E-state index is -1.35. The summed E-state index contributed by atoms with van der Waals surface area (Å²) in [7, 11) is 1.37. The number of hydrogen-bond donors (Lipinski definition) is 2. The number of rotatable bonds is 7. The van der Waals surface area contributed by atoms with Gasteiger partial charge < -0.3 is 15.2 Å². The smallest absolute Gasteiger partial charge is 0.314 e. The first kappa shape index (κ1) is 19.4. The van der Waals surface area contributed by atoms with Gasteiger partial charge in [-0.05, 0) is 37.1 Å². The van der Waals surface area contributed by atoms with Crippen molar-refractivity contribution in [1.82, 2.24) is 5.32 Å². The Bertz CT molecular complexity index is 794. The number of halogens is 1. The second kappa shape index (κ2) is 7.99. The van der Waals surface area contributed by atoms with Gasteiger partial charge in [-0.2, -0.15) is 0 Å². The van der Waals surface area contributed by atoms with E-state index in [0.717, 1.165) is 0 Å². The van der Waals surface area contributed by atoms with Crippen LogP contribution in [0.5, 0.6) is 5.75 Å². The van der Waals surface area contributed by atoms with E-state index >= 15 is 0 Å². The number of methoxy groups -OCH3 is 1. The molecule has 0 spiro atoms. The molecule has 138 valence electrons. The Balaban J connectivity index is 2.13. The summed E-state index contributed by atoms with van der Waals surface area (Å²) in [5.74, 6) is -1.91. The number of hydrogen-bond acceptors (Lipinski definition) is 3. The van der Waals surface area contributed by atoms with Crippen LogP contribution in [0.1, 0.15) is 37.4 Å². The summed E-state index contributed by atoms with van der Waals surface area (Å²) in [5.41, 5.74) is -0.241. The van der Waals surface area contributed by atoms with Gasteiger partial charge in [0, 0.05) is 6.42 Å². The molecular formula is C20H22FNO4. The molecule has 2 aromatic carbocycles. The van der Waals surface area contributed by atoms with E-state index in [9.17, 15) is 19.1 Å². The molecule has 6 heteroatoms. The van der Waals surface area contributed by atoms with Crippen LogP contribution in [0.2, 0.25) is 0 Å². The van der Waals surface area contributed by atoms with E-state index in [2.05, 4.69) is 5.32 Å². The average Bonchev–Trinajstić information content (AvgIpc) is 2.61. The van der Waals surface area contributed by atoms with E-state index in [1.54, 1.807) is 43.3 Å². The summed E-state index contributed by atoms with van der Waals surface area (Å²) in [6, 6.07) is 12.6. The highest BCUT2D eigenvalue weighted by Gasteiger charge is 2.37. The molecular weight excluding hydrogens is 337 g/mol. The van der Waals surface area contributed by atoms with Crippen molar-refractivity contribution in [2.75, 3.05) is 7.11 Å². The first-order valence-electron chi connectivity index (χ1n) is 8.19. The maximum Gasteiger partial charge on any atom is 0.314 e. The van der Waals surface area contributed by atoms with Gasteiger partial charge in [-0.15, -0.1) is 0 Å². The van der Waals surface area contributed by atoms with Crippen molar-refractivity contribution in [3.63, 3.8) is 0 Å². The maximum atomic E-state index is 13.8. The first-order chi connectivity index (χ1) is 12.3. The molecule has 26 heavy (non-hydrogen) atoms. The van der Waals surface area contributed by atoms with E-state index in [1.807, 2.05) is 0 Å². The molecule has 5 nitrogen and oxygen atoms in total. The van der Waals surface area contributed by atoms with E-state index in [4.69, 9.17) is 4.74 Å². The third-order valence-corrected chi connectivity index (χ3v) is 4.45. The Morgan fingerprint density at radius 3 is 2.42 bits per heavy atom. The number of amides is 1. The molecule has 0 fully saturated rings. The molecule has 2 atom stereocenters. The molecule has 0 aliphatic rings. The van der Waals surface area contributed by atoms with Crippen molar-refractivity contribution in [1.29, 1.82) is 0 Å². The fourth-order valence-corrected chi connectivity index (χ4v) is 2.76. The number of aliphatic carboxylic acids is 1. The van der Waals surface area contributed by atoms with E-state index in [-0.39, 0.29) is 12.2 Å².